The van der Waals surface area contributed by atoms with Crippen molar-refractivity contribution in [2.75, 3.05) is 13.1 Å². The summed E-state index contributed by atoms with van der Waals surface area (Å²) in [4.78, 5) is 24.3. The van der Waals surface area contributed by atoms with E-state index in [-0.39, 0.29) is 11.3 Å². The highest BCUT2D eigenvalue weighted by molar-refractivity contribution is 6.03. The largest absolute Gasteiger partial charge is 0.317 e. The van der Waals surface area contributed by atoms with Gasteiger partial charge in [0.2, 0.25) is 5.91 Å². The van der Waals surface area contributed by atoms with Gasteiger partial charge in [0.15, 0.2) is 0 Å². The molecule has 0 aromatic carbocycles. The molecule has 5 heteroatoms. The lowest BCUT2D eigenvalue weighted by Gasteiger charge is -2.29. The van der Waals surface area contributed by atoms with Gasteiger partial charge < -0.3 is 5.32 Å². The van der Waals surface area contributed by atoms with Gasteiger partial charge in [-0.1, -0.05) is 13.3 Å². The van der Waals surface area contributed by atoms with E-state index >= 15 is 0 Å². The van der Waals surface area contributed by atoms with Crippen LogP contribution < -0.4 is 5.32 Å². The minimum absolute atomic E-state index is 0.260. The number of rotatable bonds is 4. The van der Waals surface area contributed by atoms with Gasteiger partial charge in [0.05, 0.1) is 11.5 Å². The second-order valence-corrected chi connectivity index (χ2v) is 7.89. The van der Waals surface area contributed by atoms with E-state index in [2.05, 4.69) is 24.0 Å². The molecule has 0 bridgehead atoms. The molecule has 2 saturated carbocycles. The van der Waals surface area contributed by atoms with Crippen molar-refractivity contribution >= 4 is 18.8 Å². The van der Waals surface area contributed by atoms with E-state index in [4.69, 9.17) is 4.99 Å². The summed E-state index contributed by atoms with van der Waals surface area (Å²) in [5.74, 6) is 1.60. The van der Waals surface area contributed by atoms with Crippen LogP contribution in [0.5, 0.6) is 0 Å². The zero-order valence-electron chi connectivity index (χ0n) is 14.6. The van der Waals surface area contributed by atoms with Gasteiger partial charge in [-0.15, -0.1) is 0 Å². The fourth-order valence-electron chi connectivity index (χ4n) is 4.69. The smallest absolute Gasteiger partial charge is 0.239 e. The molecule has 4 rings (SSSR count). The van der Waals surface area contributed by atoms with Crippen LogP contribution >= 0.6 is 0 Å². The summed E-state index contributed by atoms with van der Waals surface area (Å²) in [7, 11) is 0. The number of aliphatic imine (C=N–C) groups is 2. The predicted octanol–water partition coefficient (Wildman–Crippen LogP) is 2.53. The fourth-order valence-corrected chi connectivity index (χ4v) is 4.69. The Hall–Kier alpha value is -1.49. The summed E-state index contributed by atoms with van der Waals surface area (Å²) in [6, 6.07) is 0.662. The summed E-state index contributed by atoms with van der Waals surface area (Å²) in [6.07, 6.45) is 9.49. The molecule has 0 radical (unpaired) electrons. The molecule has 2 atom stereocenters. The van der Waals surface area contributed by atoms with E-state index in [9.17, 15) is 4.79 Å². The molecule has 3 fully saturated rings. The SMILES string of the molecule is C=NC1=C(C=NC2CCNCC2)C2(CC2)C(=O)N1C1CCCC1C. The molecule has 1 amide bonds. The molecule has 1 saturated heterocycles. The van der Waals surface area contributed by atoms with Crippen LogP contribution in [0.1, 0.15) is 51.9 Å². The number of carbonyl (C=O) groups excluding carboxylic acids is 1. The first-order valence-electron chi connectivity index (χ1n) is 9.46. The van der Waals surface area contributed by atoms with Crippen molar-refractivity contribution in [3.63, 3.8) is 0 Å². The van der Waals surface area contributed by atoms with Gasteiger partial charge in [0, 0.05) is 17.8 Å². The van der Waals surface area contributed by atoms with Crippen LogP contribution in [0.25, 0.3) is 0 Å². The molecule has 1 N–H and O–H groups in total. The first-order chi connectivity index (χ1) is 11.7. The summed E-state index contributed by atoms with van der Waals surface area (Å²) in [6.45, 7) is 8.11. The molecule has 2 aliphatic heterocycles. The molecule has 1 spiro atoms. The lowest BCUT2D eigenvalue weighted by atomic mass is 9.98. The lowest BCUT2D eigenvalue weighted by molar-refractivity contribution is -0.134. The van der Waals surface area contributed by atoms with Crippen LogP contribution in [0.2, 0.25) is 0 Å². The Morgan fingerprint density at radius 1 is 1.25 bits per heavy atom. The summed E-state index contributed by atoms with van der Waals surface area (Å²) < 4.78 is 0. The Balaban J connectivity index is 1.65. The molecule has 5 nitrogen and oxygen atoms in total. The summed E-state index contributed by atoms with van der Waals surface area (Å²) in [5.41, 5.74) is 0.718. The zero-order chi connectivity index (χ0) is 16.7. The van der Waals surface area contributed by atoms with Crippen LogP contribution in [0.15, 0.2) is 21.4 Å². The van der Waals surface area contributed by atoms with Crippen LogP contribution in [-0.4, -0.2) is 48.9 Å². The highest BCUT2D eigenvalue weighted by atomic mass is 16.2. The number of nitrogens with zero attached hydrogens (tertiary/aromatic N) is 3. The normalized spacial score (nSPS) is 33.2. The summed E-state index contributed by atoms with van der Waals surface area (Å²) in [5, 5.41) is 3.37. The van der Waals surface area contributed by atoms with Crippen molar-refractivity contribution in [2.24, 2.45) is 21.3 Å². The highest BCUT2D eigenvalue weighted by Crippen LogP contribution is 2.59. The van der Waals surface area contributed by atoms with Crippen molar-refractivity contribution < 1.29 is 4.79 Å². The Morgan fingerprint density at radius 2 is 2.00 bits per heavy atom. The second-order valence-electron chi connectivity index (χ2n) is 7.89. The van der Waals surface area contributed by atoms with Crippen molar-refractivity contribution in [1.29, 1.82) is 0 Å². The van der Waals surface area contributed by atoms with Gasteiger partial charge in [-0.3, -0.25) is 14.7 Å². The number of piperidine rings is 1. The maximum absolute atomic E-state index is 13.2. The molecule has 2 unspecified atom stereocenters. The molecule has 4 aliphatic rings. The van der Waals surface area contributed by atoms with E-state index in [1.54, 1.807) is 0 Å². The fraction of sp³-hybridized carbons (Fsp3) is 0.737. The van der Waals surface area contributed by atoms with Gasteiger partial charge in [-0.25, -0.2) is 4.99 Å². The van der Waals surface area contributed by atoms with Crippen molar-refractivity contribution in [1.82, 2.24) is 10.2 Å². The maximum atomic E-state index is 13.2. The van der Waals surface area contributed by atoms with Crippen LogP contribution in [-0.2, 0) is 4.79 Å². The Kier molecular flexibility index (Phi) is 4.07. The van der Waals surface area contributed by atoms with E-state index in [0.717, 1.165) is 56.6 Å². The zero-order valence-corrected chi connectivity index (χ0v) is 14.6. The topological polar surface area (TPSA) is 57.1 Å². The molecule has 24 heavy (non-hydrogen) atoms. The van der Waals surface area contributed by atoms with Crippen molar-refractivity contribution in [3.8, 4) is 0 Å². The molecule has 0 aromatic rings. The van der Waals surface area contributed by atoms with Crippen molar-refractivity contribution in [2.45, 2.75) is 64.0 Å². The minimum Gasteiger partial charge on any atom is -0.317 e. The summed E-state index contributed by atoms with van der Waals surface area (Å²) >= 11 is 0. The van der Waals surface area contributed by atoms with Crippen molar-refractivity contribution in [3.05, 3.63) is 11.4 Å². The predicted molar refractivity (Wildman–Crippen MR) is 96.3 cm³/mol. The Bertz CT molecular complexity index is 598. The highest BCUT2D eigenvalue weighted by Gasteiger charge is 2.61. The van der Waals surface area contributed by atoms with Gasteiger partial charge in [-0.05, 0) is 64.2 Å². The molecule has 2 aliphatic carbocycles. The first kappa shape index (κ1) is 16.0. The second kappa shape index (κ2) is 6.10. The molecule has 2 heterocycles. The van der Waals surface area contributed by atoms with Crippen LogP contribution in [0.3, 0.4) is 0 Å². The standard InChI is InChI=1S/C19H28N4O/c1-13-4-3-5-16(13)23-17(20-2)15(19(8-9-19)18(23)24)12-22-14-6-10-21-11-7-14/h12-14,16,21H,2-11H2,1H3. The number of carbonyl (C=O) groups is 1. The third-order valence-corrected chi connectivity index (χ3v) is 6.38. The number of nitrogens with one attached hydrogen (secondary N) is 1. The molecular weight excluding hydrogens is 300 g/mol. The van der Waals surface area contributed by atoms with Gasteiger partial charge in [0.1, 0.15) is 5.82 Å². The average Bonchev–Trinajstić information content (AvgIpc) is 3.25. The first-order valence-corrected chi connectivity index (χ1v) is 9.46. The Labute approximate surface area is 144 Å². The monoisotopic (exact) mass is 328 g/mol. The van der Waals surface area contributed by atoms with E-state index in [0.29, 0.717) is 18.0 Å². The average molecular weight is 328 g/mol. The van der Waals surface area contributed by atoms with Gasteiger partial charge >= 0.3 is 0 Å². The molecular formula is C19H28N4O. The quantitative estimate of drug-likeness (QED) is 0.806. The third-order valence-electron chi connectivity index (χ3n) is 6.38. The molecule has 0 aromatic heterocycles. The van der Waals surface area contributed by atoms with Gasteiger partial charge in [0.25, 0.3) is 0 Å². The van der Waals surface area contributed by atoms with E-state index in [1.807, 2.05) is 11.1 Å². The molecule has 130 valence electrons. The Morgan fingerprint density at radius 3 is 2.58 bits per heavy atom. The number of hydrogen-bond acceptors (Lipinski definition) is 4. The maximum Gasteiger partial charge on any atom is 0.239 e. The van der Waals surface area contributed by atoms with Gasteiger partial charge in [-0.2, -0.15) is 0 Å². The van der Waals surface area contributed by atoms with E-state index < -0.39 is 0 Å². The minimum atomic E-state index is -0.324. The third kappa shape index (κ3) is 2.44. The van der Waals surface area contributed by atoms with E-state index in [1.165, 1.54) is 12.8 Å². The van der Waals surface area contributed by atoms with Crippen LogP contribution in [0.4, 0.5) is 0 Å². The van der Waals surface area contributed by atoms with Crippen LogP contribution in [0, 0.1) is 11.3 Å². The number of hydrogen-bond donors (Lipinski definition) is 1. The lowest BCUT2D eigenvalue weighted by Crippen LogP contribution is -2.39. The number of amides is 1.